The van der Waals surface area contributed by atoms with Crippen molar-refractivity contribution in [2.75, 3.05) is 90.3 Å². The van der Waals surface area contributed by atoms with E-state index in [-0.39, 0.29) is 58.2 Å². The number of benzene rings is 2. The van der Waals surface area contributed by atoms with Gasteiger partial charge < -0.3 is 43.8 Å². The van der Waals surface area contributed by atoms with E-state index in [9.17, 15) is 28.8 Å². The van der Waals surface area contributed by atoms with E-state index >= 15 is 0 Å². The second-order valence-electron chi connectivity index (χ2n) is 28.1. The highest BCUT2D eigenvalue weighted by Crippen LogP contribution is 2.43. The molecule has 0 unspecified atom stereocenters. The minimum absolute atomic E-state index is 0.00858. The van der Waals surface area contributed by atoms with Crippen LogP contribution in [0.2, 0.25) is 20.1 Å². The van der Waals surface area contributed by atoms with E-state index in [2.05, 4.69) is 40.2 Å². The standard InChI is InChI=1S/C76H82Cl4N16O9/c1-43(97)93-27-19-49(20-28-93)95-31-23-61-59(41-95)83-71(89(61)3)73(101)85-57-11-7-9-53(65(57)77)69-67(79)51(17-25-81-69)55-15-13-47(75(87-55)103-5)39-91-35-45(36-91)33-63(99)105-64(100)34-46-37-92(38-46)40-48-14-16-56(88-76(48)104-6)52-18-26-82-70(68(52)80)54-10-8-12-58(66(54)78)86-74(102)72-84-60-42-96(32-24-62(60)90(72)4)50-21-29-94(30-22-50)44(2)98/h7-18,25-26,45-46,49-50H,19-24,27-42H2,1-6H3,(H,85,101)(H,86,102). The van der Waals surface area contributed by atoms with E-state index in [1.165, 1.54) is 0 Å². The maximum absolute atomic E-state index is 13.9. The summed E-state index contributed by atoms with van der Waals surface area (Å²) in [6, 6.07) is 22.4. The summed E-state index contributed by atoms with van der Waals surface area (Å²) >= 11 is 28.5. The lowest BCUT2D eigenvalue weighted by molar-refractivity contribution is -0.162. The van der Waals surface area contributed by atoms with Crippen LogP contribution in [0.5, 0.6) is 11.8 Å². The molecule has 0 saturated carbocycles. The third kappa shape index (κ3) is 15.4. The molecule has 6 aromatic heterocycles. The second-order valence-corrected chi connectivity index (χ2v) is 29.6. The van der Waals surface area contributed by atoms with Crippen molar-refractivity contribution in [3.8, 4) is 56.8 Å². The molecule has 12 heterocycles. The van der Waals surface area contributed by atoms with E-state index in [0.29, 0.717) is 143 Å². The first-order valence-electron chi connectivity index (χ1n) is 35.5. The molecular formula is C76H82Cl4N16O9. The number of carbonyl (C=O) groups is 6. The van der Waals surface area contributed by atoms with Crippen LogP contribution in [0.1, 0.15) is 108 Å². The summed E-state index contributed by atoms with van der Waals surface area (Å²) in [7, 11) is 6.84. The molecule has 4 amide bonds. The van der Waals surface area contributed by atoms with E-state index in [1.54, 1.807) is 89.0 Å². The molecule has 0 spiro atoms. The molecule has 25 nitrogen and oxygen atoms in total. The van der Waals surface area contributed by atoms with E-state index in [1.807, 2.05) is 57.3 Å². The Kier molecular flexibility index (Phi) is 21.7. The number of piperidine rings is 2. The molecular weight excluding hydrogens is 1420 g/mol. The van der Waals surface area contributed by atoms with E-state index in [0.717, 1.165) is 112 Å². The molecule has 4 saturated heterocycles. The van der Waals surface area contributed by atoms with Crippen LogP contribution in [0.4, 0.5) is 11.4 Å². The number of hydrogen-bond acceptors (Lipinski definition) is 19. The Hall–Kier alpha value is -8.92. The number of ether oxygens (including phenoxy) is 3. The molecule has 2 N–H and O–H groups in total. The van der Waals surface area contributed by atoms with Crippen molar-refractivity contribution in [1.29, 1.82) is 0 Å². The number of carbonyl (C=O) groups excluding carboxylic acids is 6. The summed E-state index contributed by atoms with van der Waals surface area (Å²) in [5, 5.41) is 7.09. The van der Waals surface area contributed by atoms with Crippen LogP contribution in [0, 0.1) is 11.8 Å². The van der Waals surface area contributed by atoms with Crippen LogP contribution in [0.25, 0.3) is 45.0 Å². The summed E-state index contributed by atoms with van der Waals surface area (Å²) in [6.45, 7) is 12.7. The predicted octanol–water partition coefficient (Wildman–Crippen LogP) is 10.7. The van der Waals surface area contributed by atoms with Gasteiger partial charge in [0.1, 0.15) is 0 Å². The van der Waals surface area contributed by atoms with Crippen molar-refractivity contribution in [3.63, 3.8) is 0 Å². The van der Waals surface area contributed by atoms with Gasteiger partial charge in [-0.2, -0.15) is 0 Å². The molecule has 0 radical (unpaired) electrons. The van der Waals surface area contributed by atoms with Gasteiger partial charge in [-0.1, -0.05) is 82.8 Å². The van der Waals surface area contributed by atoms with Gasteiger partial charge in [0, 0.05) is 202 Å². The van der Waals surface area contributed by atoms with E-state index < -0.39 is 23.8 Å². The third-order valence-corrected chi connectivity index (χ3v) is 23.0. The van der Waals surface area contributed by atoms with Crippen molar-refractivity contribution >= 4 is 93.3 Å². The van der Waals surface area contributed by atoms with Gasteiger partial charge in [0.2, 0.25) is 23.6 Å². The summed E-state index contributed by atoms with van der Waals surface area (Å²) in [6.07, 6.45) is 8.64. The molecule has 0 aliphatic carbocycles. The maximum atomic E-state index is 13.9. The van der Waals surface area contributed by atoms with Crippen molar-refractivity contribution in [2.45, 2.75) is 103 Å². The molecule has 0 atom stereocenters. The number of fused-ring (bicyclic) bond motifs is 2. The average Bonchev–Trinajstić information content (AvgIpc) is 1.73. The molecule has 0 bridgehead atoms. The summed E-state index contributed by atoms with van der Waals surface area (Å²) in [5.41, 5.74) is 10.3. The van der Waals surface area contributed by atoms with Gasteiger partial charge in [-0.25, -0.2) is 19.9 Å². The number of imidazole rings is 2. The molecule has 6 aliphatic heterocycles. The molecule has 6 aliphatic rings. The van der Waals surface area contributed by atoms with Gasteiger partial charge in [0.05, 0.1) is 92.7 Å². The Balaban J connectivity index is 0.525. The molecule has 29 heteroatoms. The lowest BCUT2D eigenvalue weighted by Gasteiger charge is -2.39. The quantitative estimate of drug-likeness (QED) is 0.0531. The number of hydrogen-bond donors (Lipinski definition) is 2. The van der Waals surface area contributed by atoms with Crippen LogP contribution in [0.3, 0.4) is 0 Å². The van der Waals surface area contributed by atoms with Crippen LogP contribution in [-0.4, -0.2) is 196 Å². The number of nitrogens with one attached hydrogen (secondary N) is 2. The van der Waals surface area contributed by atoms with Crippen LogP contribution < -0.4 is 20.1 Å². The van der Waals surface area contributed by atoms with Crippen molar-refractivity contribution < 1.29 is 43.0 Å². The maximum Gasteiger partial charge on any atom is 0.313 e. The number of methoxy groups -OCH3 is 2. The van der Waals surface area contributed by atoms with Crippen molar-refractivity contribution in [1.82, 2.24) is 68.4 Å². The number of rotatable bonds is 20. The smallest absolute Gasteiger partial charge is 0.313 e. The van der Waals surface area contributed by atoms with Gasteiger partial charge in [-0.05, 0) is 73.9 Å². The Bertz CT molecular complexity index is 4420. The number of aromatic nitrogens is 8. The first kappa shape index (κ1) is 73.0. The Labute approximate surface area is 628 Å². The minimum Gasteiger partial charge on any atom is -0.481 e. The number of pyridine rings is 4. The fourth-order valence-corrected chi connectivity index (χ4v) is 16.9. The highest BCUT2D eigenvalue weighted by atomic mass is 35.5. The van der Waals surface area contributed by atoms with Gasteiger partial charge in [-0.15, -0.1) is 0 Å². The normalized spacial score (nSPS) is 17.2. The predicted molar refractivity (Wildman–Crippen MR) is 398 cm³/mol. The minimum atomic E-state index is -0.545. The highest BCUT2D eigenvalue weighted by Gasteiger charge is 2.37. The van der Waals surface area contributed by atoms with Crippen LogP contribution >= 0.6 is 46.4 Å². The summed E-state index contributed by atoms with van der Waals surface area (Å²) < 4.78 is 20.7. The van der Waals surface area contributed by atoms with E-state index in [4.69, 9.17) is 80.6 Å². The topological polar surface area (TPSA) is 261 Å². The number of likely N-dealkylation sites (tertiary alicyclic amines) is 4. The summed E-state index contributed by atoms with van der Waals surface area (Å²) in [5.74, 6) is -0.262. The molecule has 8 aromatic rings. The number of anilines is 2. The first-order valence-corrected chi connectivity index (χ1v) is 37.0. The number of esters is 2. The Morgan fingerprint density at radius 3 is 1.28 bits per heavy atom. The third-order valence-electron chi connectivity index (χ3n) is 21.4. The zero-order valence-electron chi connectivity index (χ0n) is 59.4. The molecule has 14 rings (SSSR count). The molecule has 2 aromatic carbocycles. The number of amides is 4. The molecule has 548 valence electrons. The zero-order chi connectivity index (χ0) is 73.5. The lowest BCUT2D eigenvalue weighted by Crippen LogP contribution is -2.47. The van der Waals surface area contributed by atoms with Gasteiger partial charge in [-0.3, -0.25) is 58.3 Å². The monoisotopic (exact) mass is 1500 g/mol. The van der Waals surface area contributed by atoms with Gasteiger partial charge in [0.25, 0.3) is 11.8 Å². The van der Waals surface area contributed by atoms with Gasteiger partial charge >= 0.3 is 11.9 Å². The molecule has 105 heavy (non-hydrogen) atoms. The zero-order valence-corrected chi connectivity index (χ0v) is 62.4. The fourth-order valence-electron chi connectivity index (χ4n) is 15.7. The number of halogens is 4. The average molecular weight is 1510 g/mol. The second kappa shape index (κ2) is 31.3. The van der Waals surface area contributed by atoms with Crippen molar-refractivity contribution in [2.24, 2.45) is 25.9 Å². The van der Waals surface area contributed by atoms with Crippen LogP contribution in [-0.2, 0) is 77.0 Å². The lowest BCUT2D eigenvalue weighted by atomic mass is 9.95. The van der Waals surface area contributed by atoms with Crippen molar-refractivity contribution in [3.05, 3.63) is 151 Å². The van der Waals surface area contributed by atoms with Gasteiger partial charge in [0.15, 0.2) is 11.6 Å². The Morgan fingerprint density at radius 1 is 0.495 bits per heavy atom. The first-order chi connectivity index (χ1) is 50.7. The fraction of sp³-hybridized carbons (Fsp3) is 0.421. The largest absolute Gasteiger partial charge is 0.481 e. The highest BCUT2D eigenvalue weighted by molar-refractivity contribution is 6.40. The molecule has 4 fully saturated rings. The SMILES string of the molecule is COc1nc(-c2ccnc(-c3cccc(NC(=O)c4nc5c(n4C)CCN(C4CCN(C(C)=O)CC4)C5)c3Cl)c2Cl)ccc1CN1CC(CC(=O)OC(=O)CC2CN(Cc3ccc(-c4ccnc(-c5cccc(NC(=O)c6nc7c(n6C)CCN(C6CCN(C(C)=O)CC6)C7)c5Cl)c4Cl)nc3OC)C2)C1. The Morgan fingerprint density at radius 2 is 0.895 bits per heavy atom. The van der Waals surface area contributed by atoms with Crippen LogP contribution in [0.15, 0.2) is 85.2 Å². The summed E-state index contributed by atoms with van der Waals surface area (Å²) in [4.78, 5) is 119. The number of nitrogens with zero attached hydrogens (tertiary/aromatic N) is 14.